The minimum absolute atomic E-state index is 0.269. The first-order valence-corrected chi connectivity index (χ1v) is 13.1. The molecule has 0 atom stereocenters. The lowest BCUT2D eigenvalue weighted by Crippen LogP contribution is -2.50. The normalized spacial score (nSPS) is 15.6. The molecule has 36 heavy (non-hydrogen) atoms. The molecule has 4 rings (SSSR count). The summed E-state index contributed by atoms with van der Waals surface area (Å²) in [6.45, 7) is 17.3. The first kappa shape index (κ1) is 26.3. The van der Waals surface area contributed by atoms with Crippen LogP contribution in [0.5, 0.6) is 0 Å². The first-order chi connectivity index (χ1) is 17.1. The van der Waals surface area contributed by atoms with Crippen LogP contribution in [0.25, 0.3) is 11.0 Å². The quantitative estimate of drug-likeness (QED) is 0.369. The number of nitrogen functional groups attached to an aromatic ring is 1. The Hall–Kier alpha value is -2.75. The third-order valence-corrected chi connectivity index (χ3v) is 6.80. The number of nitrogens with one attached hydrogen (secondary N) is 1. The number of aromatic nitrogens is 4. The maximum atomic E-state index is 10.1. The zero-order chi connectivity index (χ0) is 25.9. The molecule has 0 unspecified atom stereocenters. The molecule has 1 aliphatic rings. The van der Waals surface area contributed by atoms with Crippen LogP contribution in [0.3, 0.4) is 0 Å². The van der Waals surface area contributed by atoms with Gasteiger partial charge in [0.25, 0.3) is 0 Å². The Morgan fingerprint density at radius 1 is 1.06 bits per heavy atom. The third-order valence-electron chi connectivity index (χ3n) is 6.80. The largest absolute Gasteiger partial charge is 0.389 e. The molecule has 1 fully saturated rings. The molecule has 2 aromatic heterocycles. The Morgan fingerprint density at radius 3 is 2.44 bits per heavy atom. The highest BCUT2D eigenvalue weighted by Crippen LogP contribution is 2.26. The summed E-state index contributed by atoms with van der Waals surface area (Å²) in [6, 6.07) is 6.76. The van der Waals surface area contributed by atoms with Crippen molar-refractivity contribution in [3.8, 4) is 0 Å². The lowest BCUT2D eigenvalue weighted by atomic mass is 10.0. The molecule has 9 nitrogen and oxygen atoms in total. The Balaban J connectivity index is 1.46. The maximum absolute atomic E-state index is 10.1. The van der Waals surface area contributed by atoms with Gasteiger partial charge in [-0.3, -0.25) is 14.5 Å². The number of aryl methyl sites for hydroxylation is 2. The fourth-order valence-electron chi connectivity index (χ4n) is 4.97. The van der Waals surface area contributed by atoms with Gasteiger partial charge in [0.1, 0.15) is 11.0 Å². The van der Waals surface area contributed by atoms with E-state index in [-0.39, 0.29) is 5.95 Å². The number of unbranched alkanes of at least 4 members (excludes halogenated alkanes) is 1. The van der Waals surface area contributed by atoms with Crippen molar-refractivity contribution >= 4 is 22.8 Å². The van der Waals surface area contributed by atoms with Crippen LogP contribution >= 0.6 is 0 Å². The zero-order valence-corrected chi connectivity index (χ0v) is 22.5. The number of benzene rings is 1. The van der Waals surface area contributed by atoms with Gasteiger partial charge in [-0.05, 0) is 50.8 Å². The van der Waals surface area contributed by atoms with Gasteiger partial charge in [-0.1, -0.05) is 31.5 Å². The number of piperazine rings is 1. The minimum atomic E-state index is -0.640. The molecule has 196 valence electrons. The van der Waals surface area contributed by atoms with E-state index >= 15 is 0 Å². The zero-order valence-electron chi connectivity index (χ0n) is 22.5. The number of nitrogens with zero attached hydrogens (tertiary/aromatic N) is 6. The Bertz CT molecular complexity index is 1170. The molecule has 0 aliphatic carbocycles. The summed E-state index contributed by atoms with van der Waals surface area (Å²) in [5.74, 6) is 1.02. The second-order valence-electron chi connectivity index (χ2n) is 10.8. The molecule has 0 bridgehead atoms. The smallest absolute Gasteiger partial charge is 0.222 e. The molecule has 0 radical (unpaired) electrons. The van der Waals surface area contributed by atoms with Crippen molar-refractivity contribution in [1.29, 1.82) is 0 Å². The monoisotopic (exact) mass is 494 g/mol. The van der Waals surface area contributed by atoms with Crippen molar-refractivity contribution in [2.24, 2.45) is 0 Å². The lowest BCUT2D eigenvalue weighted by Gasteiger charge is -2.37. The number of aliphatic hydroxyl groups is 1. The predicted molar refractivity (Wildman–Crippen MR) is 146 cm³/mol. The number of hydrogen-bond acceptors (Lipinski definition) is 8. The number of nitrogens with two attached hydrogens (primary N) is 1. The van der Waals surface area contributed by atoms with Gasteiger partial charge in [-0.2, -0.15) is 10.1 Å². The minimum Gasteiger partial charge on any atom is -0.389 e. The predicted octanol–water partition coefficient (Wildman–Crippen LogP) is 3.17. The molecular weight excluding hydrogens is 452 g/mol. The molecule has 1 aromatic carbocycles. The van der Waals surface area contributed by atoms with E-state index in [1.165, 1.54) is 16.7 Å². The number of fused-ring (bicyclic) bond motifs is 1. The molecule has 0 spiro atoms. The summed E-state index contributed by atoms with van der Waals surface area (Å²) >= 11 is 0. The molecule has 0 amide bonds. The van der Waals surface area contributed by atoms with Crippen LogP contribution < -0.4 is 11.1 Å². The highest BCUT2D eigenvalue weighted by molar-refractivity contribution is 5.88. The van der Waals surface area contributed by atoms with Gasteiger partial charge in [0.2, 0.25) is 5.95 Å². The van der Waals surface area contributed by atoms with Gasteiger partial charge >= 0.3 is 0 Å². The van der Waals surface area contributed by atoms with Crippen LogP contribution in [0.15, 0.2) is 18.2 Å². The van der Waals surface area contributed by atoms with Crippen molar-refractivity contribution in [2.75, 3.05) is 50.3 Å². The average molecular weight is 495 g/mol. The second kappa shape index (κ2) is 11.1. The Kier molecular flexibility index (Phi) is 8.12. The van der Waals surface area contributed by atoms with Crippen LogP contribution in [0.2, 0.25) is 0 Å². The molecule has 3 heterocycles. The van der Waals surface area contributed by atoms with Crippen molar-refractivity contribution in [2.45, 2.75) is 66.2 Å². The lowest BCUT2D eigenvalue weighted by molar-refractivity contribution is 0.0167. The van der Waals surface area contributed by atoms with Gasteiger partial charge in [0.15, 0.2) is 5.82 Å². The van der Waals surface area contributed by atoms with Crippen molar-refractivity contribution < 1.29 is 5.11 Å². The first-order valence-electron chi connectivity index (χ1n) is 13.1. The van der Waals surface area contributed by atoms with E-state index in [0.717, 1.165) is 81.2 Å². The fraction of sp³-hybridized carbons (Fsp3) is 0.593. The van der Waals surface area contributed by atoms with E-state index in [2.05, 4.69) is 57.1 Å². The highest BCUT2D eigenvalue weighted by atomic mass is 16.3. The van der Waals surface area contributed by atoms with Crippen molar-refractivity contribution in [1.82, 2.24) is 29.5 Å². The number of anilines is 2. The van der Waals surface area contributed by atoms with E-state index < -0.39 is 5.60 Å². The van der Waals surface area contributed by atoms with E-state index in [1.54, 1.807) is 0 Å². The fourth-order valence-corrected chi connectivity index (χ4v) is 4.97. The van der Waals surface area contributed by atoms with E-state index in [0.29, 0.717) is 6.54 Å². The van der Waals surface area contributed by atoms with Crippen LogP contribution in [0, 0.1) is 13.8 Å². The van der Waals surface area contributed by atoms with Crippen molar-refractivity contribution in [3.63, 3.8) is 0 Å². The molecule has 1 saturated heterocycles. The van der Waals surface area contributed by atoms with E-state index in [4.69, 9.17) is 10.8 Å². The summed E-state index contributed by atoms with van der Waals surface area (Å²) < 4.78 is 2.00. The van der Waals surface area contributed by atoms with Crippen molar-refractivity contribution in [3.05, 3.63) is 40.6 Å². The third kappa shape index (κ3) is 6.52. The molecule has 1 aliphatic heterocycles. The Labute approximate surface area is 214 Å². The average Bonchev–Trinajstić information content (AvgIpc) is 3.11. The second-order valence-corrected chi connectivity index (χ2v) is 10.8. The van der Waals surface area contributed by atoms with Crippen LogP contribution in [-0.2, 0) is 13.1 Å². The number of rotatable bonds is 10. The van der Waals surface area contributed by atoms with Gasteiger partial charge in [-0.25, -0.2) is 4.98 Å². The standard InChI is InChI=1S/C27H42N8O/c1-6-7-10-29-25-24-23(30-26(28)31-25)20(3)32-35(24)17-22-9-8-21(15-19(22)2)16-33-11-13-34(14-12-33)18-27(4,5)36/h8-9,15,36H,6-7,10-14,16-18H2,1-5H3,(H3,28,29,30,31). The molecule has 3 aromatic rings. The molecule has 4 N–H and O–H groups in total. The summed E-state index contributed by atoms with van der Waals surface area (Å²) in [7, 11) is 0. The topological polar surface area (TPSA) is 108 Å². The highest BCUT2D eigenvalue weighted by Gasteiger charge is 2.23. The summed E-state index contributed by atoms with van der Waals surface area (Å²) in [5.41, 5.74) is 11.7. The van der Waals surface area contributed by atoms with E-state index in [1.807, 2.05) is 25.5 Å². The Morgan fingerprint density at radius 2 is 1.78 bits per heavy atom. The summed E-state index contributed by atoms with van der Waals surface area (Å²) in [5, 5.41) is 18.3. The number of β-amino-alcohol motifs (C(OH)–C–C–N with tert-alkyl or cyclic N) is 1. The van der Waals surface area contributed by atoms with Gasteiger partial charge in [0, 0.05) is 45.8 Å². The van der Waals surface area contributed by atoms with Gasteiger partial charge in [-0.15, -0.1) is 0 Å². The maximum Gasteiger partial charge on any atom is 0.222 e. The molecule has 0 saturated carbocycles. The van der Waals surface area contributed by atoms with Crippen LogP contribution in [0.1, 0.15) is 56.0 Å². The summed E-state index contributed by atoms with van der Waals surface area (Å²) in [6.07, 6.45) is 2.17. The van der Waals surface area contributed by atoms with Gasteiger partial charge in [0.05, 0.1) is 17.8 Å². The van der Waals surface area contributed by atoms with Gasteiger partial charge < -0.3 is 16.2 Å². The SMILES string of the molecule is CCCCNc1nc(N)nc2c(C)nn(Cc3ccc(CN4CCN(CC(C)(C)O)CC4)cc3C)c12. The van der Waals surface area contributed by atoms with Crippen LogP contribution in [-0.4, -0.2) is 79.5 Å². The molecule has 9 heteroatoms. The van der Waals surface area contributed by atoms with E-state index in [9.17, 15) is 5.11 Å². The molecular formula is C27H42N8O. The van der Waals surface area contributed by atoms with Crippen LogP contribution in [0.4, 0.5) is 11.8 Å². The summed E-state index contributed by atoms with van der Waals surface area (Å²) in [4.78, 5) is 13.8. The number of hydrogen-bond donors (Lipinski definition) is 3.